The molecule has 2 rings (SSSR count). The van der Waals surface area contributed by atoms with Crippen molar-refractivity contribution in [3.63, 3.8) is 0 Å². The molecule has 0 radical (unpaired) electrons. The number of piperidine rings is 1. The number of carbonyl (C=O) groups is 2. The molecule has 0 aromatic heterocycles. The van der Waals surface area contributed by atoms with E-state index in [4.69, 9.17) is 0 Å². The molecule has 1 heterocycles. The maximum Gasteiger partial charge on any atom is 0.232 e. The Morgan fingerprint density at radius 1 is 1.19 bits per heavy atom. The van der Waals surface area contributed by atoms with E-state index >= 15 is 0 Å². The number of thioether (sulfide) groups is 1. The molecule has 120 valence electrons. The van der Waals surface area contributed by atoms with Crippen LogP contribution in [0.3, 0.4) is 0 Å². The minimum atomic E-state index is 0.0210. The lowest BCUT2D eigenvalue weighted by molar-refractivity contribution is -0.134. The molecular weight excluding hydrogens is 284 g/mol. The highest BCUT2D eigenvalue weighted by atomic mass is 32.2. The van der Waals surface area contributed by atoms with Gasteiger partial charge in [-0.05, 0) is 43.8 Å². The van der Waals surface area contributed by atoms with Crippen molar-refractivity contribution in [2.45, 2.75) is 57.9 Å². The third-order valence-corrected chi connectivity index (χ3v) is 5.66. The van der Waals surface area contributed by atoms with Crippen LogP contribution in [0.1, 0.15) is 51.9 Å². The number of carbonyl (C=O) groups excluding carboxylic acids is 2. The van der Waals surface area contributed by atoms with Crippen LogP contribution in [0, 0.1) is 5.92 Å². The quantitative estimate of drug-likeness (QED) is 0.766. The van der Waals surface area contributed by atoms with Crippen molar-refractivity contribution < 1.29 is 9.59 Å². The summed E-state index contributed by atoms with van der Waals surface area (Å²) in [5.41, 5.74) is 0. The van der Waals surface area contributed by atoms with Gasteiger partial charge in [0.05, 0.1) is 5.75 Å². The highest BCUT2D eigenvalue weighted by molar-refractivity contribution is 7.99. The maximum atomic E-state index is 12.4. The van der Waals surface area contributed by atoms with E-state index in [0.717, 1.165) is 24.6 Å². The second-order valence-electron chi connectivity index (χ2n) is 6.23. The molecule has 1 saturated heterocycles. The monoisotopic (exact) mass is 312 g/mol. The molecule has 2 atom stereocenters. The summed E-state index contributed by atoms with van der Waals surface area (Å²) in [4.78, 5) is 25.4. The smallest absolute Gasteiger partial charge is 0.232 e. The van der Waals surface area contributed by atoms with E-state index in [2.05, 4.69) is 10.2 Å². The molecule has 0 unspecified atom stereocenters. The Bertz CT molecular complexity index is 360. The van der Waals surface area contributed by atoms with Crippen LogP contribution in [0.15, 0.2) is 0 Å². The van der Waals surface area contributed by atoms with Gasteiger partial charge in [0, 0.05) is 26.1 Å². The molecular formula is C16H28N2O2S. The summed E-state index contributed by atoms with van der Waals surface area (Å²) in [6.07, 6.45) is 8.60. The van der Waals surface area contributed by atoms with Gasteiger partial charge in [-0.15, -0.1) is 0 Å². The first-order chi connectivity index (χ1) is 10.2. The minimum absolute atomic E-state index is 0.0210. The van der Waals surface area contributed by atoms with Crippen molar-refractivity contribution >= 4 is 23.6 Å². The fraction of sp³-hybridized carbons (Fsp3) is 0.875. The largest absolute Gasteiger partial charge is 0.356 e. The lowest BCUT2D eigenvalue weighted by Gasteiger charge is -2.44. The number of nitrogens with one attached hydrogen (secondary N) is 1. The van der Waals surface area contributed by atoms with E-state index < -0.39 is 0 Å². The molecule has 4 nitrogen and oxygen atoms in total. The van der Waals surface area contributed by atoms with E-state index in [1.54, 1.807) is 11.8 Å². The van der Waals surface area contributed by atoms with Gasteiger partial charge in [-0.2, -0.15) is 11.8 Å². The van der Waals surface area contributed by atoms with Gasteiger partial charge in [0.2, 0.25) is 11.8 Å². The van der Waals surface area contributed by atoms with E-state index in [1.807, 2.05) is 0 Å². The number of fused-ring (bicyclic) bond motifs is 1. The van der Waals surface area contributed by atoms with Crippen molar-refractivity contribution in [3.8, 4) is 0 Å². The van der Waals surface area contributed by atoms with Crippen LogP contribution in [-0.2, 0) is 9.59 Å². The van der Waals surface area contributed by atoms with Gasteiger partial charge in [0.1, 0.15) is 0 Å². The van der Waals surface area contributed by atoms with Crippen LogP contribution in [0.5, 0.6) is 0 Å². The average Bonchev–Trinajstić information content (AvgIpc) is 2.49. The van der Waals surface area contributed by atoms with Crippen LogP contribution in [0.2, 0.25) is 0 Å². The fourth-order valence-electron chi connectivity index (χ4n) is 3.62. The van der Waals surface area contributed by atoms with Crippen molar-refractivity contribution in [2.75, 3.05) is 24.6 Å². The molecule has 21 heavy (non-hydrogen) atoms. The van der Waals surface area contributed by atoms with Gasteiger partial charge in [-0.25, -0.2) is 0 Å². The molecule has 1 aliphatic carbocycles. The van der Waals surface area contributed by atoms with Gasteiger partial charge in [-0.3, -0.25) is 9.59 Å². The molecule has 0 aromatic carbocycles. The van der Waals surface area contributed by atoms with Gasteiger partial charge < -0.3 is 10.2 Å². The first kappa shape index (κ1) is 16.7. The number of likely N-dealkylation sites (tertiary alicyclic amines) is 1. The predicted molar refractivity (Wildman–Crippen MR) is 87.3 cm³/mol. The zero-order valence-corrected chi connectivity index (χ0v) is 13.9. The van der Waals surface area contributed by atoms with Crippen LogP contribution in [0.4, 0.5) is 0 Å². The van der Waals surface area contributed by atoms with Crippen LogP contribution < -0.4 is 5.32 Å². The van der Waals surface area contributed by atoms with Crippen molar-refractivity contribution in [1.82, 2.24) is 10.2 Å². The Hall–Kier alpha value is -0.710. The third-order valence-electron chi connectivity index (χ3n) is 4.63. The second kappa shape index (κ2) is 8.66. The summed E-state index contributed by atoms with van der Waals surface area (Å²) in [5.74, 6) is 2.65. The third kappa shape index (κ3) is 5.20. The number of rotatable bonds is 6. The highest BCUT2D eigenvalue weighted by Crippen LogP contribution is 2.35. The lowest BCUT2D eigenvalue weighted by atomic mass is 9.78. The maximum absolute atomic E-state index is 12.4. The van der Waals surface area contributed by atoms with Crippen LogP contribution in [0.25, 0.3) is 0 Å². The highest BCUT2D eigenvalue weighted by Gasteiger charge is 2.35. The Morgan fingerprint density at radius 3 is 2.76 bits per heavy atom. The first-order valence-electron chi connectivity index (χ1n) is 8.30. The van der Waals surface area contributed by atoms with Crippen molar-refractivity contribution in [3.05, 3.63) is 0 Å². The Morgan fingerprint density at radius 2 is 1.95 bits per heavy atom. The fourth-order valence-corrected chi connectivity index (χ4v) is 4.45. The van der Waals surface area contributed by atoms with Gasteiger partial charge in [0.25, 0.3) is 0 Å². The standard InChI is InChI=1S/C16H28N2O2S/c1-13(19)17-9-5-11-21-12-16(20)18-10-4-7-14-6-2-3-8-15(14)18/h14-15H,2-12H2,1H3,(H,17,19)/t14-,15-/m0/s1. The summed E-state index contributed by atoms with van der Waals surface area (Å²) in [6.45, 7) is 3.21. The molecule has 1 aliphatic heterocycles. The predicted octanol–water partition coefficient (Wildman–Crippen LogP) is 2.43. The Labute approximate surface area is 132 Å². The van der Waals surface area contributed by atoms with Crippen LogP contribution in [-0.4, -0.2) is 47.4 Å². The zero-order chi connectivity index (χ0) is 15.1. The topological polar surface area (TPSA) is 49.4 Å². The Kier molecular flexibility index (Phi) is 6.87. The summed E-state index contributed by atoms with van der Waals surface area (Å²) in [5, 5.41) is 2.79. The summed E-state index contributed by atoms with van der Waals surface area (Å²) in [6, 6.07) is 0.528. The van der Waals surface area contributed by atoms with Gasteiger partial charge in [-0.1, -0.05) is 12.8 Å². The molecule has 2 amide bonds. The van der Waals surface area contributed by atoms with E-state index in [0.29, 0.717) is 24.2 Å². The zero-order valence-electron chi connectivity index (χ0n) is 13.1. The molecule has 0 aromatic rings. The molecule has 5 heteroatoms. The molecule has 0 spiro atoms. The molecule has 1 N–H and O–H groups in total. The summed E-state index contributed by atoms with van der Waals surface area (Å²) < 4.78 is 0. The number of hydrogen-bond acceptors (Lipinski definition) is 3. The van der Waals surface area contributed by atoms with E-state index in [1.165, 1.54) is 45.4 Å². The van der Waals surface area contributed by atoms with Gasteiger partial charge in [0.15, 0.2) is 0 Å². The lowest BCUT2D eigenvalue weighted by Crippen LogP contribution is -2.50. The SMILES string of the molecule is CC(=O)NCCCSCC(=O)N1CCC[C@@H]2CCCC[C@@H]21. The van der Waals surface area contributed by atoms with E-state index in [-0.39, 0.29) is 5.91 Å². The van der Waals surface area contributed by atoms with Crippen molar-refractivity contribution in [1.29, 1.82) is 0 Å². The normalized spacial score (nSPS) is 25.3. The summed E-state index contributed by atoms with van der Waals surface area (Å²) >= 11 is 1.70. The number of hydrogen-bond donors (Lipinski definition) is 1. The number of amides is 2. The molecule has 2 aliphatic rings. The average molecular weight is 312 g/mol. The number of nitrogens with zero attached hydrogens (tertiary/aromatic N) is 1. The summed E-state index contributed by atoms with van der Waals surface area (Å²) in [7, 11) is 0. The van der Waals surface area contributed by atoms with Crippen LogP contribution >= 0.6 is 11.8 Å². The van der Waals surface area contributed by atoms with Crippen molar-refractivity contribution in [2.24, 2.45) is 5.92 Å². The molecule has 2 fully saturated rings. The molecule has 1 saturated carbocycles. The Balaban J connectivity index is 1.66. The van der Waals surface area contributed by atoms with E-state index in [9.17, 15) is 9.59 Å². The minimum Gasteiger partial charge on any atom is -0.356 e. The first-order valence-corrected chi connectivity index (χ1v) is 9.45. The van der Waals surface area contributed by atoms with Gasteiger partial charge >= 0.3 is 0 Å². The molecule has 0 bridgehead atoms. The second-order valence-corrected chi connectivity index (χ2v) is 7.34.